The van der Waals surface area contributed by atoms with E-state index < -0.39 is 0 Å². The molecular weight excluding hydrogens is 244 g/mol. The first-order valence-electron chi connectivity index (χ1n) is 7.37. The fourth-order valence-corrected chi connectivity index (χ4v) is 2.49. The van der Waals surface area contributed by atoms with Gasteiger partial charge < -0.3 is 5.32 Å². The molecule has 2 aromatic rings. The van der Waals surface area contributed by atoms with Crippen LogP contribution in [0.15, 0.2) is 54.9 Å². The van der Waals surface area contributed by atoms with Crippen LogP contribution in [0.3, 0.4) is 0 Å². The van der Waals surface area contributed by atoms with Gasteiger partial charge >= 0.3 is 0 Å². The van der Waals surface area contributed by atoms with Crippen LogP contribution in [0, 0.1) is 5.92 Å². The zero-order chi connectivity index (χ0) is 14.4. The van der Waals surface area contributed by atoms with Gasteiger partial charge in [-0.25, -0.2) is 0 Å². The number of benzene rings is 1. The topological polar surface area (TPSA) is 24.9 Å². The number of nitrogens with one attached hydrogen (secondary N) is 1. The summed E-state index contributed by atoms with van der Waals surface area (Å²) in [5.74, 6) is 0.661. The molecule has 0 bridgehead atoms. The van der Waals surface area contributed by atoms with Gasteiger partial charge in [-0.2, -0.15) is 0 Å². The number of rotatable bonds is 6. The van der Waals surface area contributed by atoms with E-state index in [0.29, 0.717) is 18.0 Å². The first-order valence-corrected chi connectivity index (χ1v) is 7.37. The predicted octanol–water partition coefficient (Wildman–Crippen LogP) is 4.52. The van der Waals surface area contributed by atoms with Crippen LogP contribution in [0.2, 0.25) is 0 Å². The van der Waals surface area contributed by atoms with Gasteiger partial charge in [0.25, 0.3) is 0 Å². The molecule has 2 heteroatoms. The number of aromatic nitrogens is 1. The quantitative estimate of drug-likeness (QED) is 0.833. The third kappa shape index (κ3) is 4.17. The Hall–Kier alpha value is -1.67. The Bertz CT molecular complexity index is 493. The summed E-state index contributed by atoms with van der Waals surface area (Å²) in [7, 11) is 0. The molecule has 0 radical (unpaired) electrons. The maximum absolute atomic E-state index is 4.21. The van der Waals surface area contributed by atoms with Crippen molar-refractivity contribution in [1.82, 2.24) is 10.3 Å². The van der Waals surface area contributed by atoms with E-state index in [0.717, 1.165) is 6.42 Å². The van der Waals surface area contributed by atoms with Crippen LogP contribution in [-0.4, -0.2) is 4.98 Å². The van der Waals surface area contributed by atoms with Crippen molar-refractivity contribution < 1.29 is 0 Å². The molecule has 0 fully saturated rings. The summed E-state index contributed by atoms with van der Waals surface area (Å²) in [6, 6.07) is 15.5. The van der Waals surface area contributed by atoms with Gasteiger partial charge in [0.15, 0.2) is 0 Å². The van der Waals surface area contributed by atoms with Crippen molar-refractivity contribution in [3.63, 3.8) is 0 Å². The molecule has 0 aliphatic carbocycles. The summed E-state index contributed by atoms with van der Waals surface area (Å²) in [5.41, 5.74) is 2.59. The van der Waals surface area contributed by atoms with E-state index in [1.807, 2.05) is 18.5 Å². The second-order valence-electron chi connectivity index (χ2n) is 5.77. The van der Waals surface area contributed by atoms with Crippen LogP contribution in [-0.2, 0) is 0 Å². The van der Waals surface area contributed by atoms with E-state index in [1.54, 1.807) is 0 Å². The Kier molecular flexibility index (Phi) is 5.31. The summed E-state index contributed by atoms with van der Waals surface area (Å²) in [6.07, 6.45) is 4.89. The van der Waals surface area contributed by atoms with E-state index in [2.05, 4.69) is 67.5 Å². The lowest BCUT2D eigenvalue weighted by Crippen LogP contribution is -2.26. The summed E-state index contributed by atoms with van der Waals surface area (Å²) >= 11 is 0. The summed E-state index contributed by atoms with van der Waals surface area (Å²) in [4.78, 5) is 4.21. The van der Waals surface area contributed by atoms with Gasteiger partial charge in [-0.15, -0.1) is 0 Å². The normalized spacial score (nSPS) is 14.2. The molecule has 0 aliphatic rings. The fourth-order valence-electron chi connectivity index (χ4n) is 2.49. The van der Waals surface area contributed by atoms with Gasteiger partial charge in [-0.1, -0.05) is 50.2 Å². The number of pyridine rings is 1. The van der Waals surface area contributed by atoms with Crippen LogP contribution in [0.4, 0.5) is 0 Å². The molecule has 0 aliphatic heterocycles. The van der Waals surface area contributed by atoms with Crippen molar-refractivity contribution in [2.75, 3.05) is 0 Å². The first-order chi connectivity index (χ1) is 9.66. The summed E-state index contributed by atoms with van der Waals surface area (Å²) in [6.45, 7) is 6.74. The lowest BCUT2D eigenvalue weighted by atomic mass is 9.95. The van der Waals surface area contributed by atoms with Crippen molar-refractivity contribution in [2.45, 2.75) is 39.3 Å². The predicted molar refractivity (Wildman–Crippen MR) is 84.4 cm³/mol. The third-order valence-electron chi connectivity index (χ3n) is 3.54. The molecule has 0 saturated heterocycles. The average molecular weight is 268 g/mol. The molecule has 106 valence electrons. The molecule has 20 heavy (non-hydrogen) atoms. The molecule has 1 unspecified atom stereocenters. The average Bonchev–Trinajstić information content (AvgIpc) is 2.48. The van der Waals surface area contributed by atoms with Gasteiger partial charge in [0.1, 0.15) is 0 Å². The van der Waals surface area contributed by atoms with Crippen molar-refractivity contribution >= 4 is 0 Å². The van der Waals surface area contributed by atoms with E-state index >= 15 is 0 Å². The highest BCUT2D eigenvalue weighted by Crippen LogP contribution is 2.24. The smallest absolute Gasteiger partial charge is 0.0328 e. The Morgan fingerprint density at radius 1 is 0.950 bits per heavy atom. The van der Waals surface area contributed by atoms with Gasteiger partial charge in [-0.3, -0.25) is 4.98 Å². The van der Waals surface area contributed by atoms with Crippen LogP contribution in [0.5, 0.6) is 0 Å². The lowest BCUT2D eigenvalue weighted by Gasteiger charge is -2.25. The SMILES string of the molecule is CC(C)CC(N[C@@H](C)c1cccnc1)c1ccccc1. The molecule has 0 spiro atoms. The Morgan fingerprint density at radius 2 is 1.65 bits per heavy atom. The van der Waals surface area contributed by atoms with E-state index in [1.165, 1.54) is 11.1 Å². The Balaban J connectivity index is 2.12. The Morgan fingerprint density at radius 3 is 2.25 bits per heavy atom. The number of hydrogen-bond acceptors (Lipinski definition) is 2. The highest BCUT2D eigenvalue weighted by atomic mass is 14.9. The van der Waals surface area contributed by atoms with Crippen molar-refractivity contribution in [3.05, 3.63) is 66.0 Å². The maximum atomic E-state index is 4.21. The third-order valence-corrected chi connectivity index (χ3v) is 3.54. The fraction of sp³-hybridized carbons (Fsp3) is 0.389. The standard InChI is InChI=1S/C18H24N2/c1-14(2)12-18(16-8-5-4-6-9-16)20-15(3)17-10-7-11-19-13-17/h4-11,13-15,18,20H,12H2,1-3H3/t15-,18?/m0/s1. The molecule has 1 N–H and O–H groups in total. The second-order valence-corrected chi connectivity index (χ2v) is 5.77. The van der Waals surface area contributed by atoms with Crippen molar-refractivity contribution in [1.29, 1.82) is 0 Å². The van der Waals surface area contributed by atoms with Gasteiger partial charge in [-0.05, 0) is 36.5 Å². The minimum atomic E-state index is 0.299. The Labute approximate surface area is 122 Å². The molecule has 1 aromatic carbocycles. The molecule has 2 atom stereocenters. The molecule has 1 aromatic heterocycles. The van der Waals surface area contributed by atoms with Gasteiger partial charge in [0.2, 0.25) is 0 Å². The van der Waals surface area contributed by atoms with Crippen LogP contribution in [0.1, 0.15) is 50.4 Å². The minimum absolute atomic E-state index is 0.299. The maximum Gasteiger partial charge on any atom is 0.0328 e. The van der Waals surface area contributed by atoms with E-state index in [-0.39, 0.29) is 0 Å². The van der Waals surface area contributed by atoms with Crippen molar-refractivity contribution in [3.8, 4) is 0 Å². The largest absolute Gasteiger partial charge is 0.303 e. The summed E-state index contributed by atoms with van der Waals surface area (Å²) < 4.78 is 0. The van der Waals surface area contributed by atoms with Gasteiger partial charge in [0.05, 0.1) is 0 Å². The van der Waals surface area contributed by atoms with E-state index in [4.69, 9.17) is 0 Å². The number of hydrogen-bond donors (Lipinski definition) is 1. The van der Waals surface area contributed by atoms with E-state index in [9.17, 15) is 0 Å². The zero-order valence-corrected chi connectivity index (χ0v) is 12.6. The molecule has 0 amide bonds. The van der Waals surface area contributed by atoms with Crippen LogP contribution >= 0.6 is 0 Å². The number of nitrogens with zero attached hydrogens (tertiary/aromatic N) is 1. The minimum Gasteiger partial charge on any atom is -0.303 e. The second kappa shape index (κ2) is 7.20. The van der Waals surface area contributed by atoms with Crippen molar-refractivity contribution in [2.24, 2.45) is 5.92 Å². The highest BCUT2D eigenvalue weighted by molar-refractivity contribution is 5.20. The molecule has 1 heterocycles. The molecule has 2 rings (SSSR count). The van der Waals surface area contributed by atoms with Crippen LogP contribution in [0.25, 0.3) is 0 Å². The molecular formula is C18H24N2. The molecule has 2 nitrogen and oxygen atoms in total. The highest BCUT2D eigenvalue weighted by Gasteiger charge is 2.16. The van der Waals surface area contributed by atoms with Gasteiger partial charge in [0, 0.05) is 24.5 Å². The molecule has 0 saturated carbocycles. The summed E-state index contributed by atoms with van der Waals surface area (Å²) in [5, 5.41) is 3.74. The monoisotopic (exact) mass is 268 g/mol. The first kappa shape index (κ1) is 14.7. The zero-order valence-electron chi connectivity index (χ0n) is 12.6. The van der Waals surface area contributed by atoms with Crippen LogP contribution < -0.4 is 5.32 Å². The lowest BCUT2D eigenvalue weighted by molar-refractivity contribution is 0.394.